The molecule has 1 aromatic heterocycles. The summed E-state index contributed by atoms with van der Waals surface area (Å²) in [5, 5.41) is 0.592. The summed E-state index contributed by atoms with van der Waals surface area (Å²) < 4.78 is 23.9. The first-order valence-electron chi connectivity index (χ1n) is 7.43. The van der Waals surface area contributed by atoms with E-state index in [4.69, 9.17) is 32.5 Å². The van der Waals surface area contributed by atoms with Crippen LogP contribution in [0.5, 0.6) is 5.75 Å². The number of nitrogens with two attached hydrogens (primary N) is 2. The van der Waals surface area contributed by atoms with Crippen LogP contribution in [0, 0.1) is 5.82 Å². The van der Waals surface area contributed by atoms with Gasteiger partial charge in [-0.3, -0.25) is 0 Å². The number of anilines is 2. The Kier molecular flexibility index (Phi) is 4.87. The fourth-order valence-corrected chi connectivity index (χ4v) is 2.50. The van der Waals surface area contributed by atoms with Gasteiger partial charge in [-0.2, -0.15) is 0 Å². The van der Waals surface area contributed by atoms with Gasteiger partial charge in [0, 0.05) is 24.1 Å². The van der Waals surface area contributed by atoms with E-state index in [-0.39, 0.29) is 10.8 Å². The molecule has 2 aromatic carbocycles. The Morgan fingerprint density at radius 1 is 1.12 bits per heavy atom. The minimum Gasteiger partial charge on any atom is -0.489 e. The Labute approximate surface area is 148 Å². The monoisotopic (exact) mass is 362 g/mol. The van der Waals surface area contributed by atoms with E-state index in [1.807, 2.05) is 0 Å². The van der Waals surface area contributed by atoms with E-state index < -0.39 is 5.82 Å². The number of aromatic nitrogens is 2. The number of hydrogen-bond acceptors (Lipinski definition) is 6. The quantitative estimate of drug-likeness (QED) is 0.534. The van der Waals surface area contributed by atoms with E-state index in [1.54, 1.807) is 19.2 Å². The molecule has 0 saturated carbocycles. The number of halogens is 2. The van der Waals surface area contributed by atoms with Crippen LogP contribution >= 0.6 is 11.6 Å². The Bertz CT molecular complexity index is 936. The average molecular weight is 363 g/mol. The van der Waals surface area contributed by atoms with Gasteiger partial charge in [-0.05, 0) is 24.3 Å². The zero-order chi connectivity index (χ0) is 18.0. The van der Waals surface area contributed by atoms with E-state index in [2.05, 4.69) is 9.97 Å². The van der Waals surface area contributed by atoms with Gasteiger partial charge in [-0.1, -0.05) is 11.6 Å². The Balaban J connectivity index is 2.06. The lowest BCUT2D eigenvalue weighted by atomic mass is 10.1. The molecular weight excluding hydrogens is 347 g/mol. The first kappa shape index (κ1) is 17.2. The molecular formula is C17H16ClFN4O2. The highest BCUT2D eigenvalue weighted by molar-refractivity contribution is 6.31. The van der Waals surface area contributed by atoms with Crippen LogP contribution < -0.4 is 16.2 Å². The molecule has 1 heterocycles. The lowest BCUT2D eigenvalue weighted by Gasteiger charge is -2.11. The lowest BCUT2D eigenvalue weighted by molar-refractivity contribution is 0.147. The molecule has 0 amide bonds. The Morgan fingerprint density at radius 3 is 2.64 bits per heavy atom. The minimum atomic E-state index is -0.513. The van der Waals surface area contributed by atoms with Crippen LogP contribution in [0.4, 0.5) is 15.9 Å². The highest BCUT2D eigenvalue weighted by atomic mass is 35.5. The topological polar surface area (TPSA) is 96.3 Å². The summed E-state index contributed by atoms with van der Waals surface area (Å²) in [6.45, 7) is 0.788. The number of nitrogens with zero attached hydrogens (tertiary/aromatic N) is 2. The van der Waals surface area contributed by atoms with Crippen molar-refractivity contribution in [2.75, 3.05) is 31.8 Å². The Morgan fingerprint density at radius 2 is 1.92 bits per heavy atom. The van der Waals surface area contributed by atoms with E-state index >= 15 is 0 Å². The molecule has 0 radical (unpaired) electrons. The van der Waals surface area contributed by atoms with Crippen LogP contribution in [0.3, 0.4) is 0 Å². The van der Waals surface area contributed by atoms with Crippen molar-refractivity contribution in [3.05, 3.63) is 41.2 Å². The zero-order valence-corrected chi connectivity index (χ0v) is 14.2. The normalized spacial score (nSPS) is 11.0. The molecule has 0 unspecified atom stereocenters. The summed E-state index contributed by atoms with van der Waals surface area (Å²) in [4.78, 5) is 8.73. The van der Waals surface area contributed by atoms with Gasteiger partial charge in [0.25, 0.3) is 0 Å². The number of nitrogen functional groups attached to an aromatic ring is 2. The van der Waals surface area contributed by atoms with Crippen molar-refractivity contribution in [1.29, 1.82) is 0 Å². The van der Waals surface area contributed by atoms with Crippen LogP contribution in [-0.2, 0) is 4.74 Å². The summed E-state index contributed by atoms with van der Waals surface area (Å²) in [6.07, 6.45) is 0. The number of methoxy groups -OCH3 is 1. The first-order chi connectivity index (χ1) is 12.0. The summed E-state index contributed by atoms with van der Waals surface area (Å²) >= 11 is 5.83. The smallest absolute Gasteiger partial charge is 0.162 e. The standard InChI is InChI=1S/C17H16ClFN4O2/c1-24-4-5-25-15-8-14-10(7-13(15)20)16(21)23-17(22-14)9-2-3-12(19)11(18)6-9/h2-3,6-8H,4-5,20H2,1H3,(H2,21,22,23). The van der Waals surface area contributed by atoms with Gasteiger partial charge >= 0.3 is 0 Å². The van der Waals surface area contributed by atoms with E-state index in [9.17, 15) is 4.39 Å². The molecule has 25 heavy (non-hydrogen) atoms. The zero-order valence-electron chi connectivity index (χ0n) is 13.4. The summed E-state index contributed by atoms with van der Waals surface area (Å²) in [5.74, 6) is 0.557. The van der Waals surface area contributed by atoms with Gasteiger partial charge in [0.1, 0.15) is 24.0 Å². The highest BCUT2D eigenvalue weighted by Crippen LogP contribution is 2.32. The fraction of sp³-hybridized carbons (Fsp3) is 0.176. The summed E-state index contributed by atoms with van der Waals surface area (Å²) in [6, 6.07) is 7.59. The average Bonchev–Trinajstić information content (AvgIpc) is 2.58. The molecule has 0 aliphatic heterocycles. The van der Waals surface area contributed by atoms with Crippen molar-refractivity contribution >= 4 is 34.0 Å². The maximum atomic E-state index is 13.4. The van der Waals surface area contributed by atoms with E-state index in [1.165, 1.54) is 18.2 Å². The highest BCUT2D eigenvalue weighted by Gasteiger charge is 2.12. The number of benzene rings is 2. The van der Waals surface area contributed by atoms with Crippen molar-refractivity contribution in [2.45, 2.75) is 0 Å². The Hall–Kier alpha value is -2.64. The summed E-state index contributed by atoms with van der Waals surface area (Å²) in [5.41, 5.74) is 13.6. The van der Waals surface area contributed by atoms with E-state index in [0.29, 0.717) is 46.9 Å². The lowest BCUT2D eigenvalue weighted by Crippen LogP contribution is -2.06. The summed E-state index contributed by atoms with van der Waals surface area (Å²) in [7, 11) is 1.58. The third-order valence-electron chi connectivity index (χ3n) is 3.58. The molecule has 3 rings (SSSR count). The van der Waals surface area contributed by atoms with Gasteiger partial charge in [0.15, 0.2) is 5.82 Å². The number of ether oxygens (including phenoxy) is 2. The van der Waals surface area contributed by atoms with Crippen LogP contribution in [0.15, 0.2) is 30.3 Å². The number of fused-ring (bicyclic) bond motifs is 1. The molecule has 0 aliphatic carbocycles. The SMILES string of the molecule is COCCOc1cc2nc(-c3ccc(F)c(Cl)c3)nc(N)c2cc1N. The molecule has 8 heteroatoms. The molecule has 130 valence electrons. The maximum absolute atomic E-state index is 13.4. The third kappa shape index (κ3) is 3.57. The maximum Gasteiger partial charge on any atom is 0.162 e. The molecule has 0 atom stereocenters. The van der Waals surface area contributed by atoms with Crippen molar-refractivity contribution < 1.29 is 13.9 Å². The predicted molar refractivity (Wildman–Crippen MR) is 96.1 cm³/mol. The van der Waals surface area contributed by atoms with Gasteiger partial charge in [0.05, 0.1) is 22.8 Å². The second-order valence-corrected chi connectivity index (χ2v) is 5.72. The van der Waals surface area contributed by atoms with Crippen LogP contribution in [0.1, 0.15) is 0 Å². The molecule has 0 fully saturated rings. The third-order valence-corrected chi connectivity index (χ3v) is 3.87. The largest absolute Gasteiger partial charge is 0.489 e. The van der Waals surface area contributed by atoms with Crippen LogP contribution in [0.25, 0.3) is 22.3 Å². The fourth-order valence-electron chi connectivity index (χ4n) is 2.32. The molecule has 0 bridgehead atoms. The molecule has 6 nitrogen and oxygen atoms in total. The number of hydrogen-bond donors (Lipinski definition) is 2. The van der Waals surface area contributed by atoms with Gasteiger partial charge in [0.2, 0.25) is 0 Å². The van der Waals surface area contributed by atoms with Gasteiger partial charge in [-0.25, -0.2) is 14.4 Å². The molecule has 4 N–H and O–H groups in total. The van der Waals surface area contributed by atoms with Crippen LogP contribution in [0.2, 0.25) is 5.02 Å². The van der Waals surface area contributed by atoms with Crippen molar-refractivity contribution in [1.82, 2.24) is 9.97 Å². The molecule has 0 saturated heterocycles. The van der Waals surface area contributed by atoms with Crippen molar-refractivity contribution in [3.63, 3.8) is 0 Å². The molecule has 0 aliphatic rings. The first-order valence-corrected chi connectivity index (χ1v) is 7.81. The van der Waals surface area contributed by atoms with Crippen LogP contribution in [-0.4, -0.2) is 30.3 Å². The minimum absolute atomic E-state index is 0.0133. The molecule has 3 aromatic rings. The molecule has 0 spiro atoms. The second kappa shape index (κ2) is 7.08. The van der Waals surface area contributed by atoms with Crippen molar-refractivity contribution in [3.8, 4) is 17.1 Å². The van der Waals surface area contributed by atoms with Crippen molar-refractivity contribution in [2.24, 2.45) is 0 Å². The second-order valence-electron chi connectivity index (χ2n) is 5.31. The number of rotatable bonds is 5. The van der Waals surface area contributed by atoms with E-state index in [0.717, 1.165) is 0 Å². The predicted octanol–water partition coefficient (Wildman–Crippen LogP) is 3.28. The van der Waals surface area contributed by atoms with Gasteiger partial charge < -0.3 is 20.9 Å². The van der Waals surface area contributed by atoms with Gasteiger partial charge in [-0.15, -0.1) is 0 Å².